The largest absolute Gasteiger partial charge is 0.298 e. The number of carbonyl (C=O) groups is 1. The first-order chi connectivity index (χ1) is 7.11. The molecule has 0 aliphatic heterocycles. The fourth-order valence-electron chi connectivity index (χ4n) is 1.57. The maximum atomic E-state index is 10.5. The summed E-state index contributed by atoms with van der Waals surface area (Å²) in [7, 11) is 0. The molecule has 15 heavy (non-hydrogen) atoms. The van der Waals surface area contributed by atoms with E-state index in [1.165, 1.54) is 11.3 Å². The van der Waals surface area contributed by atoms with Crippen molar-refractivity contribution in [2.24, 2.45) is 5.92 Å². The van der Waals surface area contributed by atoms with Crippen LogP contribution in [0.25, 0.3) is 0 Å². The lowest BCUT2D eigenvalue weighted by Crippen LogP contribution is -2.01. The molecule has 1 nitrogen and oxygen atoms in total. The van der Waals surface area contributed by atoms with Gasteiger partial charge in [0.1, 0.15) is 6.29 Å². The molecular weight excluding hydrogens is 204 g/mol. The van der Waals surface area contributed by atoms with E-state index < -0.39 is 0 Å². The van der Waals surface area contributed by atoms with Crippen molar-refractivity contribution in [2.45, 2.75) is 37.3 Å². The van der Waals surface area contributed by atoms with Crippen LogP contribution in [0, 0.1) is 5.92 Å². The summed E-state index contributed by atoms with van der Waals surface area (Å²) in [6, 6.07) is 7.78. The molecule has 0 N–H and O–H groups in total. The van der Waals surface area contributed by atoms with Gasteiger partial charge in [-0.2, -0.15) is 0 Å². The van der Waals surface area contributed by atoms with Gasteiger partial charge in [-0.15, -0.1) is 11.8 Å². The average molecular weight is 222 g/mol. The summed E-state index contributed by atoms with van der Waals surface area (Å²) in [5, 5.41) is 0.632. The molecule has 1 atom stereocenters. The minimum atomic E-state index is 0.632. The van der Waals surface area contributed by atoms with E-state index in [1.54, 1.807) is 0 Å². The fourth-order valence-corrected chi connectivity index (χ4v) is 2.81. The van der Waals surface area contributed by atoms with Crippen molar-refractivity contribution < 1.29 is 4.79 Å². The van der Waals surface area contributed by atoms with Crippen molar-refractivity contribution in [3.8, 4) is 0 Å². The highest BCUT2D eigenvalue weighted by molar-refractivity contribution is 7.99. The molecule has 0 fully saturated rings. The minimum Gasteiger partial charge on any atom is -0.298 e. The number of thioether (sulfide) groups is 1. The second-order valence-corrected chi connectivity index (χ2v) is 5.76. The predicted octanol–water partition coefficient (Wildman–Crippen LogP) is 4.03. The summed E-state index contributed by atoms with van der Waals surface area (Å²) in [5.74, 6) is 0.738. The quantitative estimate of drug-likeness (QED) is 0.553. The van der Waals surface area contributed by atoms with E-state index in [0.717, 1.165) is 17.8 Å². The molecule has 0 aromatic heterocycles. The van der Waals surface area contributed by atoms with Gasteiger partial charge in [-0.3, -0.25) is 4.79 Å². The Bertz CT molecular complexity index is 303. The van der Waals surface area contributed by atoms with Gasteiger partial charge in [-0.1, -0.05) is 32.9 Å². The summed E-state index contributed by atoms with van der Waals surface area (Å²) in [6.45, 7) is 6.73. The molecule has 0 spiro atoms. The second-order valence-electron chi connectivity index (χ2n) is 4.24. The number of aldehydes is 1. The topological polar surface area (TPSA) is 17.1 Å². The van der Waals surface area contributed by atoms with Crippen molar-refractivity contribution in [3.63, 3.8) is 0 Å². The molecule has 0 aliphatic rings. The Balaban J connectivity index is 2.53. The molecule has 0 heterocycles. The highest BCUT2D eigenvalue weighted by Crippen LogP contribution is 2.27. The van der Waals surface area contributed by atoms with Crippen LogP contribution in [0.4, 0.5) is 0 Å². The van der Waals surface area contributed by atoms with E-state index in [1.807, 2.05) is 36.0 Å². The first-order valence-electron chi connectivity index (χ1n) is 5.33. The van der Waals surface area contributed by atoms with Crippen molar-refractivity contribution in [1.82, 2.24) is 0 Å². The van der Waals surface area contributed by atoms with E-state index in [2.05, 4.69) is 20.8 Å². The number of benzene rings is 1. The van der Waals surface area contributed by atoms with E-state index in [-0.39, 0.29) is 0 Å². The predicted molar refractivity (Wildman–Crippen MR) is 66.6 cm³/mol. The van der Waals surface area contributed by atoms with Crippen LogP contribution in [0.2, 0.25) is 0 Å². The summed E-state index contributed by atoms with van der Waals surface area (Å²) < 4.78 is 0. The van der Waals surface area contributed by atoms with Gasteiger partial charge in [0.05, 0.1) is 0 Å². The summed E-state index contributed by atoms with van der Waals surface area (Å²) in [5.41, 5.74) is 0.746. The lowest BCUT2D eigenvalue weighted by Gasteiger charge is -2.13. The number of carbonyl (C=O) groups excluding carboxylic acids is 1. The summed E-state index contributed by atoms with van der Waals surface area (Å²) in [4.78, 5) is 11.7. The second kappa shape index (κ2) is 5.96. The fraction of sp³-hybridized carbons (Fsp3) is 0.462. The van der Waals surface area contributed by atoms with Crippen LogP contribution in [-0.4, -0.2) is 11.5 Å². The zero-order chi connectivity index (χ0) is 11.3. The van der Waals surface area contributed by atoms with E-state index in [4.69, 9.17) is 0 Å². The molecule has 0 bridgehead atoms. The van der Waals surface area contributed by atoms with Gasteiger partial charge in [0.25, 0.3) is 0 Å². The molecule has 0 radical (unpaired) electrons. The highest BCUT2D eigenvalue weighted by atomic mass is 32.2. The van der Waals surface area contributed by atoms with Gasteiger partial charge in [0.2, 0.25) is 0 Å². The van der Waals surface area contributed by atoms with Crippen molar-refractivity contribution in [2.75, 3.05) is 0 Å². The standard InChI is InChI=1S/C13H18OS/c1-10(2)8-11(3)15-13-6-4-12(9-14)5-7-13/h4-7,9-11H,8H2,1-3H3. The first-order valence-corrected chi connectivity index (χ1v) is 6.21. The molecule has 1 aromatic rings. The molecule has 0 aliphatic carbocycles. The van der Waals surface area contributed by atoms with Crippen LogP contribution >= 0.6 is 11.8 Å². The van der Waals surface area contributed by atoms with Crippen LogP contribution in [-0.2, 0) is 0 Å². The Morgan fingerprint density at radius 2 is 1.80 bits per heavy atom. The molecule has 0 saturated carbocycles. The Labute approximate surface area is 96.3 Å². The monoisotopic (exact) mass is 222 g/mol. The van der Waals surface area contributed by atoms with Crippen molar-refractivity contribution in [1.29, 1.82) is 0 Å². The molecule has 1 rings (SSSR count). The Morgan fingerprint density at radius 3 is 2.27 bits per heavy atom. The maximum Gasteiger partial charge on any atom is 0.150 e. The highest BCUT2D eigenvalue weighted by Gasteiger charge is 2.06. The van der Waals surface area contributed by atoms with Crippen molar-refractivity contribution >= 4 is 18.0 Å². The third kappa shape index (κ3) is 4.52. The van der Waals surface area contributed by atoms with E-state index >= 15 is 0 Å². The molecule has 82 valence electrons. The Kier molecular flexibility index (Phi) is 4.89. The van der Waals surface area contributed by atoms with Gasteiger partial charge >= 0.3 is 0 Å². The van der Waals surface area contributed by atoms with Crippen molar-refractivity contribution in [3.05, 3.63) is 29.8 Å². The molecule has 0 amide bonds. The minimum absolute atomic E-state index is 0.632. The van der Waals surface area contributed by atoms with Crippen LogP contribution in [0.5, 0.6) is 0 Å². The molecule has 2 heteroatoms. The molecule has 1 unspecified atom stereocenters. The lowest BCUT2D eigenvalue weighted by molar-refractivity contribution is 0.112. The maximum absolute atomic E-state index is 10.5. The van der Waals surface area contributed by atoms with E-state index in [0.29, 0.717) is 5.25 Å². The van der Waals surface area contributed by atoms with Crippen LogP contribution < -0.4 is 0 Å². The third-order valence-electron chi connectivity index (χ3n) is 2.16. The van der Waals surface area contributed by atoms with Crippen LogP contribution in [0.3, 0.4) is 0 Å². The SMILES string of the molecule is CC(C)CC(C)Sc1ccc(C=O)cc1. The van der Waals surface area contributed by atoms with Crippen LogP contribution in [0.1, 0.15) is 37.6 Å². The lowest BCUT2D eigenvalue weighted by atomic mass is 10.1. The smallest absolute Gasteiger partial charge is 0.150 e. The normalized spacial score (nSPS) is 12.8. The number of hydrogen-bond acceptors (Lipinski definition) is 2. The molecule has 0 saturated heterocycles. The average Bonchev–Trinajstić information content (AvgIpc) is 2.17. The number of rotatable bonds is 5. The zero-order valence-corrected chi connectivity index (χ0v) is 10.4. The Morgan fingerprint density at radius 1 is 1.20 bits per heavy atom. The summed E-state index contributed by atoms with van der Waals surface area (Å²) in [6.07, 6.45) is 2.10. The van der Waals surface area contributed by atoms with Gasteiger partial charge < -0.3 is 0 Å². The van der Waals surface area contributed by atoms with Crippen LogP contribution in [0.15, 0.2) is 29.2 Å². The first kappa shape index (κ1) is 12.3. The summed E-state index contributed by atoms with van der Waals surface area (Å²) >= 11 is 1.88. The molecule has 1 aromatic carbocycles. The van der Waals surface area contributed by atoms with Gasteiger partial charge in [0, 0.05) is 15.7 Å². The third-order valence-corrected chi connectivity index (χ3v) is 3.30. The van der Waals surface area contributed by atoms with E-state index in [9.17, 15) is 4.79 Å². The van der Waals surface area contributed by atoms with Gasteiger partial charge in [-0.25, -0.2) is 0 Å². The Hall–Kier alpha value is -0.760. The molecular formula is C13H18OS. The van der Waals surface area contributed by atoms with Gasteiger partial charge in [-0.05, 0) is 24.5 Å². The van der Waals surface area contributed by atoms with Gasteiger partial charge in [0.15, 0.2) is 0 Å². The zero-order valence-electron chi connectivity index (χ0n) is 9.57. The number of hydrogen-bond donors (Lipinski definition) is 0.